The molecule has 2 heterocycles. The zero-order valence-electron chi connectivity index (χ0n) is 7.31. The van der Waals surface area contributed by atoms with Gasteiger partial charge < -0.3 is 9.47 Å². The summed E-state index contributed by atoms with van der Waals surface area (Å²) < 4.78 is 10.7. The van der Waals surface area contributed by atoms with E-state index in [4.69, 9.17) is 9.47 Å². The summed E-state index contributed by atoms with van der Waals surface area (Å²) in [5.41, 5.74) is 1.80. The first kappa shape index (κ1) is 7.38. The lowest BCUT2D eigenvalue weighted by molar-refractivity contribution is 0.338. The average Bonchev–Trinajstić information content (AvgIpc) is 2.29. The summed E-state index contributed by atoms with van der Waals surface area (Å²) >= 11 is 0. The first-order valence-electron chi connectivity index (χ1n) is 4.31. The number of nitrogens with zero attached hydrogens (tertiary/aromatic N) is 1. The number of hydrogen-bond acceptors (Lipinski definition) is 3. The fraction of sp³-hybridized carbons (Fsp3) is 0. The van der Waals surface area contributed by atoms with Crippen molar-refractivity contribution in [1.29, 1.82) is 0 Å². The van der Waals surface area contributed by atoms with E-state index in [1.54, 1.807) is 12.5 Å². The van der Waals surface area contributed by atoms with Gasteiger partial charge in [0.2, 0.25) is 0 Å². The molecule has 3 nitrogen and oxygen atoms in total. The highest BCUT2D eigenvalue weighted by Crippen LogP contribution is 2.28. The molecule has 2 aliphatic rings. The fourth-order valence-electron chi connectivity index (χ4n) is 1.50. The van der Waals surface area contributed by atoms with Gasteiger partial charge in [-0.2, -0.15) is 0 Å². The van der Waals surface area contributed by atoms with Gasteiger partial charge in [-0.25, -0.2) is 4.99 Å². The van der Waals surface area contributed by atoms with Crippen LogP contribution in [0.2, 0.25) is 0 Å². The quantitative estimate of drug-likeness (QED) is 0.620. The number of hydrogen-bond donors (Lipinski definition) is 0. The van der Waals surface area contributed by atoms with Gasteiger partial charge in [0.15, 0.2) is 5.76 Å². The molecule has 0 unspecified atom stereocenters. The van der Waals surface area contributed by atoms with Crippen LogP contribution in [0, 0.1) is 0 Å². The predicted octanol–water partition coefficient (Wildman–Crippen LogP) is 2.21. The van der Waals surface area contributed by atoms with Crippen molar-refractivity contribution in [2.45, 2.75) is 0 Å². The fourth-order valence-corrected chi connectivity index (χ4v) is 1.50. The Hall–Kier alpha value is -2.03. The molecule has 0 bridgehead atoms. The van der Waals surface area contributed by atoms with Crippen LogP contribution in [0.15, 0.2) is 53.7 Å². The first-order chi connectivity index (χ1) is 6.95. The summed E-state index contributed by atoms with van der Waals surface area (Å²) in [4.78, 5) is 4.26. The molecule has 3 rings (SSSR count). The van der Waals surface area contributed by atoms with Crippen LogP contribution in [0.25, 0.3) is 0 Å². The average molecular weight is 185 g/mol. The van der Waals surface area contributed by atoms with Crippen molar-refractivity contribution in [1.82, 2.24) is 0 Å². The Kier molecular flexibility index (Phi) is 1.44. The molecule has 0 N–H and O–H groups in total. The minimum absolute atomic E-state index is 0.659. The third-order valence-electron chi connectivity index (χ3n) is 2.13. The zero-order valence-corrected chi connectivity index (χ0v) is 7.31. The smallest absolute Gasteiger partial charge is 0.187 e. The number of benzene rings is 1. The second kappa shape index (κ2) is 2.73. The molecule has 1 aromatic rings. The van der Waals surface area contributed by atoms with E-state index in [2.05, 4.69) is 4.99 Å². The standard InChI is InChI=1S/C11H7NO2/c1-2-4-9-8(3-1)11-10(7-14-9)13-6-5-12-11/h1-7H. The summed E-state index contributed by atoms with van der Waals surface area (Å²) in [7, 11) is 0. The Morgan fingerprint density at radius 2 is 2.00 bits per heavy atom. The molecule has 0 saturated carbocycles. The SMILES string of the molecule is C1=COC2=COc3ccccc3C2=N1. The van der Waals surface area contributed by atoms with Crippen LogP contribution in [-0.2, 0) is 4.74 Å². The van der Waals surface area contributed by atoms with Crippen molar-refractivity contribution in [3.05, 3.63) is 54.3 Å². The molecule has 0 aliphatic carbocycles. The molecule has 0 radical (unpaired) electrons. The van der Waals surface area contributed by atoms with Gasteiger partial charge in [0.05, 0.1) is 6.20 Å². The van der Waals surface area contributed by atoms with Crippen LogP contribution in [0.5, 0.6) is 5.75 Å². The molecule has 14 heavy (non-hydrogen) atoms. The van der Waals surface area contributed by atoms with Crippen molar-refractivity contribution in [2.24, 2.45) is 4.99 Å². The van der Waals surface area contributed by atoms with E-state index in [1.807, 2.05) is 24.3 Å². The number of fused-ring (bicyclic) bond motifs is 3. The molecule has 0 aromatic heterocycles. The largest absolute Gasteiger partial charge is 0.460 e. The van der Waals surface area contributed by atoms with Gasteiger partial charge in [-0.3, -0.25) is 0 Å². The highest BCUT2D eigenvalue weighted by molar-refractivity contribution is 6.14. The Morgan fingerprint density at radius 1 is 1.07 bits per heavy atom. The van der Waals surface area contributed by atoms with Gasteiger partial charge in [-0.15, -0.1) is 0 Å². The van der Waals surface area contributed by atoms with E-state index < -0.39 is 0 Å². The van der Waals surface area contributed by atoms with Crippen molar-refractivity contribution < 1.29 is 9.47 Å². The summed E-state index contributed by atoms with van der Waals surface area (Å²) in [6, 6.07) is 7.75. The Balaban J connectivity index is 2.22. The molecular formula is C11H7NO2. The van der Waals surface area contributed by atoms with Gasteiger partial charge in [-0.1, -0.05) is 12.1 Å². The first-order valence-corrected chi connectivity index (χ1v) is 4.31. The van der Waals surface area contributed by atoms with Crippen LogP contribution < -0.4 is 4.74 Å². The maximum Gasteiger partial charge on any atom is 0.187 e. The van der Waals surface area contributed by atoms with Gasteiger partial charge in [0.25, 0.3) is 0 Å². The van der Waals surface area contributed by atoms with Crippen molar-refractivity contribution in [3.63, 3.8) is 0 Å². The molecule has 68 valence electrons. The Morgan fingerprint density at radius 3 is 3.00 bits per heavy atom. The molecule has 0 fully saturated rings. The van der Waals surface area contributed by atoms with E-state index >= 15 is 0 Å². The number of ether oxygens (including phenoxy) is 2. The van der Waals surface area contributed by atoms with Crippen LogP contribution >= 0.6 is 0 Å². The van der Waals surface area contributed by atoms with E-state index in [-0.39, 0.29) is 0 Å². The monoisotopic (exact) mass is 185 g/mol. The maximum absolute atomic E-state index is 5.39. The Bertz CT molecular complexity index is 472. The highest BCUT2D eigenvalue weighted by Gasteiger charge is 2.21. The minimum Gasteiger partial charge on any atom is -0.460 e. The van der Waals surface area contributed by atoms with Crippen LogP contribution in [0.1, 0.15) is 5.56 Å². The molecule has 0 saturated heterocycles. The van der Waals surface area contributed by atoms with Crippen LogP contribution in [0.3, 0.4) is 0 Å². The van der Waals surface area contributed by atoms with Gasteiger partial charge in [0, 0.05) is 5.56 Å². The number of para-hydroxylation sites is 1. The predicted molar refractivity (Wildman–Crippen MR) is 51.9 cm³/mol. The molecule has 2 aliphatic heterocycles. The summed E-state index contributed by atoms with van der Waals surface area (Å²) in [5, 5.41) is 0. The number of aliphatic imine (C=N–C) groups is 1. The highest BCUT2D eigenvalue weighted by atomic mass is 16.5. The lowest BCUT2D eigenvalue weighted by Crippen LogP contribution is -2.15. The molecule has 0 amide bonds. The zero-order chi connectivity index (χ0) is 9.38. The summed E-state index contributed by atoms with van der Waals surface area (Å²) in [5.74, 6) is 1.47. The van der Waals surface area contributed by atoms with Gasteiger partial charge in [0.1, 0.15) is 24.0 Å². The van der Waals surface area contributed by atoms with Gasteiger partial charge in [-0.05, 0) is 12.1 Å². The van der Waals surface area contributed by atoms with E-state index in [1.165, 1.54) is 6.26 Å². The van der Waals surface area contributed by atoms with Crippen molar-refractivity contribution in [2.75, 3.05) is 0 Å². The lowest BCUT2D eigenvalue weighted by atomic mass is 10.1. The number of rotatable bonds is 0. The molecule has 1 aromatic carbocycles. The second-order valence-corrected chi connectivity index (χ2v) is 2.98. The van der Waals surface area contributed by atoms with Gasteiger partial charge >= 0.3 is 0 Å². The summed E-state index contributed by atoms with van der Waals surface area (Å²) in [6.07, 6.45) is 4.74. The third kappa shape index (κ3) is 0.956. The van der Waals surface area contributed by atoms with E-state index in [0.717, 1.165) is 17.0 Å². The summed E-state index contributed by atoms with van der Waals surface area (Å²) in [6.45, 7) is 0. The third-order valence-corrected chi connectivity index (χ3v) is 2.13. The van der Waals surface area contributed by atoms with Crippen molar-refractivity contribution in [3.8, 4) is 5.75 Å². The molecule has 3 heteroatoms. The topological polar surface area (TPSA) is 30.8 Å². The number of allylic oxidation sites excluding steroid dienone is 1. The van der Waals surface area contributed by atoms with Crippen LogP contribution in [-0.4, -0.2) is 5.71 Å². The maximum atomic E-state index is 5.39. The molecular weight excluding hydrogens is 178 g/mol. The van der Waals surface area contributed by atoms with Crippen molar-refractivity contribution >= 4 is 5.71 Å². The van der Waals surface area contributed by atoms with Crippen LogP contribution in [0.4, 0.5) is 0 Å². The normalized spacial score (nSPS) is 16.9. The second-order valence-electron chi connectivity index (χ2n) is 2.98. The molecule has 0 spiro atoms. The Labute approximate surface area is 81.0 Å². The lowest BCUT2D eigenvalue weighted by Gasteiger charge is -2.19. The van der Waals surface area contributed by atoms with E-state index in [0.29, 0.717) is 5.76 Å². The van der Waals surface area contributed by atoms with E-state index in [9.17, 15) is 0 Å². The minimum atomic E-state index is 0.659. The molecule has 0 atom stereocenters.